The molecule has 0 aromatic carbocycles. The van der Waals surface area contributed by atoms with E-state index in [1.165, 1.54) is 12.4 Å². The summed E-state index contributed by atoms with van der Waals surface area (Å²) in [5, 5.41) is 12.5. The molecule has 0 saturated heterocycles. The van der Waals surface area contributed by atoms with E-state index in [1.54, 1.807) is 0 Å². The van der Waals surface area contributed by atoms with Crippen LogP contribution in [-0.4, -0.2) is 28.2 Å². The van der Waals surface area contributed by atoms with Crippen molar-refractivity contribution in [1.29, 1.82) is 0 Å². The Balaban J connectivity index is 1.95. The lowest BCUT2D eigenvalue weighted by molar-refractivity contribution is 0.142. The summed E-state index contributed by atoms with van der Waals surface area (Å²) in [6.07, 6.45) is 5.53. The molecule has 1 aromatic rings. The van der Waals surface area contributed by atoms with E-state index >= 15 is 0 Å². The van der Waals surface area contributed by atoms with E-state index in [2.05, 4.69) is 15.3 Å². The molecular formula is C11H16FN3O. The number of aliphatic hydroxyl groups excluding tert-OH is 1. The van der Waals surface area contributed by atoms with Gasteiger partial charge in [0.2, 0.25) is 5.95 Å². The highest BCUT2D eigenvalue weighted by atomic mass is 19.1. The molecule has 0 amide bonds. The third kappa shape index (κ3) is 2.47. The largest absolute Gasteiger partial charge is 0.396 e. The minimum absolute atomic E-state index is 0.0541. The summed E-state index contributed by atoms with van der Waals surface area (Å²) >= 11 is 0. The Kier molecular flexibility index (Phi) is 3.33. The van der Waals surface area contributed by atoms with E-state index < -0.39 is 5.95 Å². The number of halogens is 1. The molecular weight excluding hydrogens is 209 g/mol. The number of nitrogens with one attached hydrogen (secondary N) is 1. The van der Waals surface area contributed by atoms with Crippen LogP contribution in [-0.2, 0) is 0 Å². The zero-order valence-corrected chi connectivity index (χ0v) is 9.12. The maximum Gasteiger partial charge on any atom is 0.217 e. The molecule has 2 N–H and O–H groups in total. The third-order valence-corrected chi connectivity index (χ3v) is 3.28. The van der Waals surface area contributed by atoms with Crippen LogP contribution in [0.2, 0.25) is 0 Å². The smallest absolute Gasteiger partial charge is 0.217 e. The Morgan fingerprint density at radius 2 is 2.12 bits per heavy atom. The van der Waals surface area contributed by atoms with Crippen molar-refractivity contribution in [2.24, 2.45) is 5.41 Å². The zero-order valence-electron chi connectivity index (χ0n) is 9.12. The van der Waals surface area contributed by atoms with Crippen molar-refractivity contribution in [3.63, 3.8) is 0 Å². The van der Waals surface area contributed by atoms with Crippen molar-refractivity contribution in [3.8, 4) is 0 Å². The molecule has 0 bridgehead atoms. The molecule has 0 spiro atoms. The van der Waals surface area contributed by atoms with Crippen molar-refractivity contribution in [3.05, 3.63) is 18.3 Å². The molecule has 5 heteroatoms. The van der Waals surface area contributed by atoms with Crippen LogP contribution in [0.5, 0.6) is 0 Å². The van der Waals surface area contributed by atoms with Gasteiger partial charge in [-0.3, -0.25) is 0 Å². The second kappa shape index (κ2) is 4.74. The van der Waals surface area contributed by atoms with Gasteiger partial charge in [-0.2, -0.15) is 4.39 Å². The number of aromatic nitrogens is 2. The molecule has 1 fully saturated rings. The monoisotopic (exact) mass is 225 g/mol. The maximum atomic E-state index is 12.8. The van der Waals surface area contributed by atoms with Crippen LogP contribution < -0.4 is 5.32 Å². The maximum absolute atomic E-state index is 12.8. The van der Waals surface area contributed by atoms with Crippen LogP contribution in [0.4, 0.5) is 10.2 Å². The molecule has 88 valence electrons. The molecule has 1 heterocycles. The zero-order chi connectivity index (χ0) is 11.4. The lowest BCUT2D eigenvalue weighted by Crippen LogP contribution is -2.30. The average molecular weight is 225 g/mol. The van der Waals surface area contributed by atoms with Gasteiger partial charge in [0.1, 0.15) is 12.1 Å². The van der Waals surface area contributed by atoms with Crippen molar-refractivity contribution in [2.75, 3.05) is 18.5 Å². The first-order valence-corrected chi connectivity index (χ1v) is 5.56. The van der Waals surface area contributed by atoms with Crippen molar-refractivity contribution in [1.82, 2.24) is 9.97 Å². The van der Waals surface area contributed by atoms with Crippen LogP contribution in [0.3, 0.4) is 0 Å². The second-order valence-corrected chi connectivity index (χ2v) is 4.44. The number of nitrogens with zero attached hydrogens (tertiary/aromatic N) is 2. The summed E-state index contributed by atoms with van der Waals surface area (Å²) in [7, 11) is 0. The Morgan fingerprint density at radius 3 is 2.75 bits per heavy atom. The summed E-state index contributed by atoms with van der Waals surface area (Å²) in [4.78, 5) is 7.31. The van der Waals surface area contributed by atoms with Crippen molar-refractivity contribution >= 4 is 5.82 Å². The van der Waals surface area contributed by atoms with Gasteiger partial charge in [-0.15, -0.1) is 0 Å². The summed E-state index contributed by atoms with van der Waals surface area (Å²) in [6.45, 7) is 0.813. The normalized spacial score (nSPS) is 18.6. The van der Waals surface area contributed by atoms with E-state index in [-0.39, 0.29) is 12.0 Å². The molecule has 16 heavy (non-hydrogen) atoms. The van der Waals surface area contributed by atoms with Crippen LogP contribution in [0.15, 0.2) is 12.4 Å². The van der Waals surface area contributed by atoms with Gasteiger partial charge in [0.25, 0.3) is 0 Å². The van der Waals surface area contributed by atoms with Gasteiger partial charge in [-0.25, -0.2) is 9.97 Å². The highest BCUT2D eigenvalue weighted by molar-refractivity contribution is 5.32. The molecule has 1 aromatic heterocycles. The predicted molar refractivity (Wildman–Crippen MR) is 58.5 cm³/mol. The van der Waals surface area contributed by atoms with Crippen molar-refractivity contribution in [2.45, 2.75) is 25.7 Å². The van der Waals surface area contributed by atoms with Gasteiger partial charge in [0.15, 0.2) is 0 Å². The Bertz CT molecular complexity index is 353. The predicted octanol–water partition coefficient (Wildman–Crippen LogP) is 1.58. The van der Waals surface area contributed by atoms with Crippen molar-refractivity contribution < 1.29 is 9.50 Å². The molecule has 0 aliphatic heterocycles. The Morgan fingerprint density at radius 1 is 1.38 bits per heavy atom. The van der Waals surface area contributed by atoms with Gasteiger partial charge in [0, 0.05) is 18.0 Å². The lowest BCUT2D eigenvalue weighted by atomic mass is 9.87. The summed E-state index contributed by atoms with van der Waals surface area (Å²) < 4.78 is 12.8. The van der Waals surface area contributed by atoms with Crippen LogP contribution in [0, 0.1) is 11.4 Å². The first kappa shape index (κ1) is 11.3. The van der Waals surface area contributed by atoms with Gasteiger partial charge < -0.3 is 10.4 Å². The molecule has 0 unspecified atom stereocenters. The fourth-order valence-electron chi connectivity index (χ4n) is 2.22. The van der Waals surface area contributed by atoms with E-state index in [0.29, 0.717) is 12.4 Å². The van der Waals surface area contributed by atoms with Gasteiger partial charge in [-0.05, 0) is 12.8 Å². The topological polar surface area (TPSA) is 58.0 Å². The summed E-state index contributed by atoms with van der Waals surface area (Å²) in [6, 6.07) is 1.26. The average Bonchev–Trinajstić information content (AvgIpc) is 2.76. The van der Waals surface area contributed by atoms with Crippen LogP contribution >= 0.6 is 0 Å². The summed E-state index contributed by atoms with van der Waals surface area (Å²) in [5.74, 6) is -0.0609. The summed E-state index contributed by atoms with van der Waals surface area (Å²) in [5.41, 5.74) is -0.0541. The fraction of sp³-hybridized carbons (Fsp3) is 0.636. The molecule has 1 saturated carbocycles. The molecule has 1 aliphatic carbocycles. The second-order valence-electron chi connectivity index (χ2n) is 4.44. The van der Waals surface area contributed by atoms with E-state index in [4.69, 9.17) is 0 Å². The van der Waals surface area contributed by atoms with Gasteiger partial charge >= 0.3 is 0 Å². The van der Waals surface area contributed by atoms with Gasteiger partial charge in [0.05, 0.1) is 6.61 Å². The fourth-order valence-corrected chi connectivity index (χ4v) is 2.22. The van der Waals surface area contributed by atoms with Crippen LogP contribution in [0.25, 0.3) is 0 Å². The third-order valence-electron chi connectivity index (χ3n) is 3.28. The quantitative estimate of drug-likeness (QED) is 0.764. The highest BCUT2D eigenvalue weighted by Crippen LogP contribution is 2.37. The first-order valence-electron chi connectivity index (χ1n) is 5.56. The lowest BCUT2D eigenvalue weighted by Gasteiger charge is -2.26. The molecule has 0 atom stereocenters. The number of hydrogen-bond acceptors (Lipinski definition) is 4. The molecule has 0 radical (unpaired) electrons. The number of hydrogen-bond donors (Lipinski definition) is 2. The number of anilines is 1. The van der Waals surface area contributed by atoms with E-state index in [9.17, 15) is 9.50 Å². The standard InChI is InChI=1S/C11H16FN3O/c12-9-5-10(15-8-14-9)13-6-11(7-16)3-1-2-4-11/h5,8,16H,1-4,6-7H2,(H,13,14,15). The first-order chi connectivity index (χ1) is 7.74. The van der Waals surface area contributed by atoms with Gasteiger partial charge in [-0.1, -0.05) is 12.8 Å². The number of aliphatic hydroxyl groups is 1. The molecule has 4 nitrogen and oxygen atoms in total. The van der Waals surface area contributed by atoms with E-state index in [0.717, 1.165) is 25.7 Å². The molecule has 2 rings (SSSR count). The van der Waals surface area contributed by atoms with E-state index in [1.807, 2.05) is 0 Å². The minimum atomic E-state index is -0.540. The Hall–Kier alpha value is -1.23. The number of rotatable bonds is 4. The SMILES string of the molecule is OCC1(CNc2cc(F)ncn2)CCCC1. The highest BCUT2D eigenvalue weighted by Gasteiger charge is 2.32. The minimum Gasteiger partial charge on any atom is -0.396 e. The Labute approximate surface area is 93.9 Å². The molecule has 1 aliphatic rings. The van der Waals surface area contributed by atoms with Crippen LogP contribution in [0.1, 0.15) is 25.7 Å².